The fraction of sp³-hybridized carbons (Fsp3) is 0.316. The van der Waals surface area contributed by atoms with E-state index in [0.717, 1.165) is 40.8 Å². The molecule has 23 heteroatoms. The number of aliphatic carboxylic acids is 4. The number of rotatable bonds is 23. The summed E-state index contributed by atoms with van der Waals surface area (Å²) in [6.45, 7) is -6.00. The largest absolute Gasteiger partial charge is 0.492 e. The molecule has 0 spiro atoms. The summed E-state index contributed by atoms with van der Waals surface area (Å²) < 4.78 is 0.365. The van der Waals surface area contributed by atoms with Crippen molar-refractivity contribution >= 4 is 59.4 Å². The molecular weight excluding hydrogens is 812 g/mol. The molecule has 0 atom stereocenters. The van der Waals surface area contributed by atoms with E-state index in [-0.39, 0.29) is 43.0 Å². The molecule has 2 aromatic carbocycles. The van der Waals surface area contributed by atoms with Gasteiger partial charge < -0.3 is 60.4 Å². The summed E-state index contributed by atoms with van der Waals surface area (Å²) in [5.41, 5.74) is 0.568. The summed E-state index contributed by atoms with van der Waals surface area (Å²) in [5, 5.41) is 60.2. The van der Waals surface area contributed by atoms with Crippen LogP contribution in [0.4, 0.5) is 0 Å². The van der Waals surface area contributed by atoms with Gasteiger partial charge in [-0.15, -0.1) is 4.73 Å². The van der Waals surface area contributed by atoms with Crippen molar-refractivity contribution < 1.29 is 83.4 Å². The average molecular weight is 855 g/mol. The highest BCUT2D eigenvalue weighted by Gasteiger charge is 2.31. The zero-order valence-electron chi connectivity index (χ0n) is 32.5. The number of aromatic hydroxyl groups is 2. The molecule has 0 aliphatic carbocycles. The highest BCUT2D eigenvalue weighted by atomic mass is 16.7. The van der Waals surface area contributed by atoms with Gasteiger partial charge >= 0.3 is 29.8 Å². The predicted molar refractivity (Wildman–Crippen MR) is 204 cm³/mol. The lowest BCUT2D eigenvalue weighted by molar-refractivity contribution is -0.153. The first-order valence-corrected chi connectivity index (χ1v) is 18.0. The number of carbonyl (C=O) groups is 10. The summed E-state index contributed by atoms with van der Waals surface area (Å²) >= 11 is 0. The normalized spacial score (nSPS) is 10.5. The second kappa shape index (κ2) is 22.2. The van der Waals surface area contributed by atoms with Crippen LogP contribution in [0, 0.1) is 6.92 Å². The molecule has 0 saturated carbocycles. The van der Waals surface area contributed by atoms with Gasteiger partial charge in [-0.2, -0.15) is 0 Å². The molecule has 61 heavy (non-hydrogen) atoms. The van der Waals surface area contributed by atoms with E-state index in [1.54, 1.807) is 18.2 Å². The van der Waals surface area contributed by atoms with Crippen molar-refractivity contribution in [3.63, 3.8) is 0 Å². The van der Waals surface area contributed by atoms with Crippen molar-refractivity contribution in [1.82, 2.24) is 29.6 Å². The number of unbranched alkanes of at least 4 members (excludes halogenated alkanes) is 1. The van der Waals surface area contributed by atoms with E-state index in [0.29, 0.717) is 25.0 Å². The number of benzene rings is 2. The molecule has 0 unspecified atom stereocenters. The fourth-order valence-electron chi connectivity index (χ4n) is 5.51. The number of hydrogen-bond donors (Lipinski definition) is 7. The van der Waals surface area contributed by atoms with E-state index in [9.17, 15) is 78.6 Å². The molecule has 3 aromatic rings. The van der Waals surface area contributed by atoms with Gasteiger partial charge in [-0.05, 0) is 50.1 Å². The van der Waals surface area contributed by atoms with Crippen LogP contribution in [0.3, 0.4) is 0 Å². The summed E-state index contributed by atoms with van der Waals surface area (Å²) in [4.78, 5) is 132. The number of amides is 5. The summed E-state index contributed by atoms with van der Waals surface area (Å²) in [7, 11) is 0. The lowest BCUT2D eigenvalue weighted by Gasteiger charge is -2.29. The summed E-state index contributed by atoms with van der Waals surface area (Å²) in [5.74, 6) is -14.1. The molecule has 0 aliphatic rings. The van der Waals surface area contributed by atoms with Gasteiger partial charge in [0, 0.05) is 36.3 Å². The lowest BCUT2D eigenvalue weighted by atomic mass is 10.1. The Morgan fingerprint density at radius 1 is 0.557 bits per heavy atom. The molecule has 326 valence electrons. The number of aromatic nitrogens is 1. The Morgan fingerprint density at radius 2 is 1.02 bits per heavy atom. The van der Waals surface area contributed by atoms with E-state index in [4.69, 9.17) is 4.84 Å². The molecule has 0 bridgehead atoms. The zero-order valence-corrected chi connectivity index (χ0v) is 32.5. The van der Waals surface area contributed by atoms with Crippen LogP contribution in [0.15, 0.2) is 60.7 Å². The number of nitrogens with zero attached hydrogens (tertiary/aromatic N) is 5. The van der Waals surface area contributed by atoms with Gasteiger partial charge in [0.15, 0.2) is 0 Å². The predicted octanol–water partition coefficient (Wildman–Crippen LogP) is -1.05. The fourth-order valence-corrected chi connectivity index (χ4v) is 5.51. The van der Waals surface area contributed by atoms with E-state index in [2.05, 4.69) is 5.32 Å². The van der Waals surface area contributed by atoms with Crippen molar-refractivity contribution in [2.45, 2.75) is 19.8 Å². The first-order valence-electron chi connectivity index (χ1n) is 18.0. The molecule has 3 rings (SSSR count). The van der Waals surface area contributed by atoms with Crippen LogP contribution in [-0.2, 0) is 33.6 Å². The minimum atomic E-state index is -1.69. The second-order valence-electron chi connectivity index (χ2n) is 13.2. The van der Waals surface area contributed by atoms with Crippen LogP contribution in [0.25, 0.3) is 0 Å². The standard InChI is InChI=1S/C38H42N6O17/c1-23-6-4-7-24(14-23)36(58)39-12-2-3-13-40(19-32(50)51)29(47)16-41(20-33(52)53)30(48)17-42(21-34(54)55)31(49)18-43(22-35(56)57)37(59)25-8-5-9-26(15-25)38(60)61-44-27(45)10-11-28(44)46/h4-11,14-15,45-46H,2-3,12-13,16-22H2,1H3,(H,39,58)(H,50,51)(H,52,53)(H,54,55)(H,56,57). The van der Waals surface area contributed by atoms with Gasteiger partial charge in [0.05, 0.1) is 5.56 Å². The van der Waals surface area contributed by atoms with Gasteiger partial charge in [0.1, 0.15) is 45.8 Å². The second-order valence-corrected chi connectivity index (χ2v) is 13.2. The number of carboxylic acids is 4. The topological polar surface area (TPSA) is 331 Å². The highest BCUT2D eigenvalue weighted by molar-refractivity contribution is 6.01. The monoisotopic (exact) mass is 854 g/mol. The van der Waals surface area contributed by atoms with Crippen LogP contribution in [-0.4, -0.2) is 173 Å². The Labute approximate surface area is 345 Å². The Morgan fingerprint density at radius 3 is 1.56 bits per heavy atom. The third kappa shape index (κ3) is 15.0. The Bertz CT molecular complexity index is 2150. The van der Waals surface area contributed by atoms with Crippen molar-refractivity contribution in [1.29, 1.82) is 0 Å². The molecule has 1 heterocycles. The van der Waals surface area contributed by atoms with Gasteiger partial charge in [0.25, 0.3) is 11.8 Å². The highest BCUT2D eigenvalue weighted by Crippen LogP contribution is 2.20. The van der Waals surface area contributed by atoms with E-state index < -0.39 is 111 Å². The minimum absolute atomic E-state index is 0.155. The van der Waals surface area contributed by atoms with E-state index in [1.807, 2.05) is 13.0 Å². The molecule has 1 aromatic heterocycles. The van der Waals surface area contributed by atoms with Gasteiger partial charge in [-0.3, -0.25) is 43.2 Å². The number of hydrogen-bond acceptors (Lipinski definition) is 13. The summed E-state index contributed by atoms with van der Waals surface area (Å²) in [6, 6.07) is 13.2. The van der Waals surface area contributed by atoms with E-state index in [1.165, 1.54) is 6.07 Å². The third-order valence-corrected chi connectivity index (χ3v) is 8.37. The number of aryl methyl sites for hydroxylation is 1. The molecular formula is C38H42N6O17. The van der Waals surface area contributed by atoms with Gasteiger partial charge in [-0.25, -0.2) is 4.79 Å². The van der Waals surface area contributed by atoms with Crippen molar-refractivity contribution in [3.05, 3.63) is 82.9 Å². The van der Waals surface area contributed by atoms with Crippen LogP contribution >= 0.6 is 0 Å². The maximum Gasteiger partial charge on any atom is 0.363 e. The lowest BCUT2D eigenvalue weighted by Crippen LogP contribution is -2.52. The van der Waals surface area contributed by atoms with Crippen molar-refractivity contribution in [3.8, 4) is 11.8 Å². The van der Waals surface area contributed by atoms with Crippen LogP contribution < -0.4 is 10.2 Å². The first-order chi connectivity index (χ1) is 28.7. The minimum Gasteiger partial charge on any atom is -0.492 e. The molecule has 23 nitrogen and oxygen atoms in total. The molecule has 0 aliphatic heterocycles. The van der Waals surface area contributed by atoms with Crippen LogP contribution in [0.2, 0.25) is 0 Å². The van der Waals surface area contributed by atoms with Gasteiger partial charge in [-0.1, -0.05) is 23.8 Å². The maximum atomic E-state index is 13.5. The maximum absolute atomic E-state index is 13.5. The smallest absolute Gasteiger partial charge is 0.363 e. The Hall–Kier alpha value is -7.98. The van der Waals surface area contributed by atoms with Crippen molar-refractivity contribution in [2.75, 3.05) is 58.9 Å². The molecule has 0 saturated heterocycles. The Kier molecular flexibility index (Phi) is 17.3. The van der Waals surface area contributed by atoms with Gasteiger partial charge in [0.2, 0.25) is 29.5 Å². The SMILES string of the molecule is Cc1cccc(C(=O)NCCCCN(CC(=O)O)C(=O)CN(CC(=O)O)C(=O)CN(CC(=O)O)C(=O)CN(CC(=O)O)C(=O)c2cccc(C(=O)On3c(O)ccc3O)c2)c1. The number of carboxylic acid groups (broad SMARTS) is 4. The molecule has 0 radical (unpaired) electrons. The Balaban J connectivity index is 1.73. The van der Waals surface area contributed by atoms with E-state index >= 15 is 0 Å². The zero-order chi connectivity index (χ0) is 45.4. The van der Waals surface area contributed by atoms with Crippen LogP contribution in [0.5, 0.6) is 11.8 Å². The summed E-state index contributed by atoms with van der Waals surface area (Å²) in [6.07, 6.45) is 0.458. The quantitative estimate of drug-likeness (QED) is 0.0560. The first kappa shape index (κ1) is 47.4. The van der Waals surface area contributed by atoms with Crippen molar-refractivity contribution in [2.24, 2.45) is 0 Å². The average Bonchev–Trinajstić information content (AvgIpc) is 3.50. The molecule has 7 N–H and O–H groups in total. The van der Waals surface area contributed by atoms with Crippen LogP contribution in [0.1, 0.15) is 49.5 Å². The molecule has 0 fully saturated rings. The number of carbonyl (C=O) groups excluding carboxylic acids is 6. The molecule has 5 amide bonds. The third-order valence-electron chi connectivity index (χ3n) is 8.37. The number of nitrogens with one attached hydrogen (secondary N) is 1.